The first kappa shape index (κ1) is 12.0. The summed E-state index contributed by atoms with van der Waals surface area (Å²) in [6.45, 7) is 8.22. The minimum Gasteiger partial charge on any atom is -0.308 e. The van der Waals surface area contributed by atoms with E-state index in [1.54, 1.807) is 6.26 Å². The summed E-state index contributed by atoms with van der Waals surface area (Å²) in [6, 6.07) is 0.456. The molecule has 0 aromatic carbocycles. The molecule has 0 aliphatic carbocycles. The standard InChI is InChI=1S/C10H22N2OS/c1-10(2,3)11-9-6-7-12(8-9)14(4,5)13/h9,11H,4,6-8H2,1-3,5H3/t9-,14?/m1/s1. The Balaban J connectivity index is 2.51. The van der Waals surface area contributed by atoms with E-state index in [-0.39, 0.29) is 5.54 Å². The van der Waals surface area contributed by atoms with Gasteiger partial charge in [-0.1, -0.05) is 0 Å². The lowest BCUT2D eigenvalue weighted by atomic mass is 10.1. The number of nitrogens with zero attached hydrogens (tertiary/aromatic N) is 1. The van der Waals surface area contributed by atoms with Crippen LogP contribution >= 0.6 is 0 Å². The predicted octanol–water partition coefficient (Wildman–Crippen LogP) is 0.710. The van der Waals surface area contributed by atoms with Crippen LogP contribution in [0.3, 0.4) is 0 Å². The molecule has 84 valence electrons. The van der Waals surface area contributed by atoms with Crippen molar-refractivity contribution in [1.82, 2.24) is 9.62 Å². The minimum atomic E-state index is -2.00. The van der Waals surface area contributed by atoms with Crippen LogP contribution in [0.15, 0.2) is 0 Å². The van der Waals surface area contributed by atoms with E-state index in [4.69, 9.17) is 0 Å². The van der Waals surface area contributed by atoms with Gasteiger partial charge in [-0.25, -0.2) is 4.31 Å². The maximum absolute atomic E-state index is 11.7. The smallest absolute Gasteiger partial charge is 0.0261 e. The Morgan fingerprint density at radius 2 is 2.07 bits per heavy atom. The second-order valence-corrected chi connectivity index (χ2v) is 7.66. The zero-order valence-electron chi connectivity index (χ0n) is 9.67. The molecule has 4 heteroatoms. The molecule has 1 unspecified atom stereocenters. The normalized spacial score (nSPS) is 29.0. The zero-order chi connectivity index (χ0) is 11.0. The van der Waals surface area contributed by atoms with Gasteiger partial charge in [-0.3, -0.25) is 4.21 Å². The molecule has 3 nitrogen and oxygen atoms in total. The van der Waals surface area contributed by atoms with Crippen LogP contribution in [0.1, 0.15) is 27.2 Å². The highest BCUT2D eigenvalue weighted by Crippen LogP contribution is 2.15. The Morgan fingerprint density at radius 3 is 2.43 bits per heavy atom. The Hall–Kier alpha value is -0.0600. The van der Waals surface area contributed by atoms with Gasteiger partial charge in [-0.2, -0.15) is 0 Å². The molecule has 0 spiro atoms. The van der Waals surface area contributed by atoms with E-state index in [2.05, 4.69) is 32.0 Å². The summed E-state index contributed by atoms with van der Waals surface area (Å²) in [4.78, 5) is 0. The van der Waals surface area contributed by atoms with E-state index in [0.29, 0.717) is 6.04 Å². The molecule has 0 saturated carbocycles. The molecule has 0 bridgehead atoms. The van der Waals surface area contributed by atoms with Crippen molar-refractivity contribution in [2.45, 2.75) is 38.8 Å². The van der Waals surface area contributed by atoms with Gasteiger partial charge in [-0.15, -0.1) is 0 Å². The minimum absolute atomic E-state index is 0.135. The number of nitrogens with one attached hydrogen (secondary N) is 1. The predicted molar refractivity (Wildman–Crippen MR) is 64.1 cm³/mol. The number of hydrogen-bond donors (Lipinski definition) is 1. The third-order valence-corrected chi connectivity index (χ3v) is 3.76. The van der Waals surface area contributed by atoms with E-state index < -0.39 is 9.71 Å². The molecule has 0 radical (unpaired) electrons. The van der Waals surface area contributed by atoms with Crippen molar-refractivity contribution in [3.8, 4) is 0 Å². The van der Waals surface area contributed by atoms with Crippen LogP contribution in [-0.4, -0.2) is 45.3 Å². The molecular weight excluding hydrogens is 196 g/mol. The molecule has 1 aliphatic rings. The quantitative estimate of drug-likeness (QED) is 0.692. The SMILES string of the molecule is C=S(C)(=O)N1CC[C@@H](NC(C)(C)C)C1. The molecule has 1 fully saturated rings. The average molecular weight is 218 g/mol. The van der Waals surface area contributed by atoms with Crippen LogP contribution < -0.4 is 5.32 Å². The Morgan fingerprint density at radius 1 is 1.50 bits per heavy atom. The van der Waals surface area contributed by atoms with Crippen molar-refractivity contribution in [2.75, 3.05) is 19.3 Å². The van der Waals surface area contributed by atoms with Gasteiger partial charge in [0.25, 0.3) is 0 Å². The van der Waals surface area contributed by atoms with Gasteiger partial charge in [-0.05, 0) is 33.1 Å². The first-order valence-corrected chi connectivity index (χ1v) is 7.13. The van der Waals surface area contributed by atoms with Crippen molar-refractivity contribution in [2.24, 2.45) is 0 Å². The van der Waals surface area contributed by atoms with Gasteiger partial charge in [0, 0.05) is 40.6 Å². The average Bonchev–Trinajstić information content (AvgIpc) is 2.29. The van der Waals surface area contributed by atoms with Crippen LogP contribution in [0.4, 0.5) is 0 Å². The molecule has 2 atom stereocenters. The molecule has 0 amide bonds. The highest BCUT2D eigenvalue weighted by molar-refractivity contribution is 7.97. The van der Waals surface area contributed by atoms with E-state index >= 15 is 0 Å². The van der Waals surface area contributed by atoms with Crippen molar-refractivity contribution in [3.63, 3.8) is 0 Å². The van der Waals surface area contributed by atoms with Crippen LogP contribution in [0.25, 0.3) is 0 Å². The fourth-order valence-corrected chi connectivity index (χ4v) is 2.80. The lowest BCUT2D eigenvalue weighted by molar-refractivity contribution is 0.363. The van der Waals surface area contributed by atoms with Gasteiger partial charge in [0.1, 0.15) is 0 Å². The first-order valence-electron chi connectivity index (χ1n) is 5.03. The third-order valence-electron chi connectivity index (χ3n) is 2.33. The fraction of sp³-hybridized carbons (Fsp3) is 0.900. The summed E-state index contributed by atoms with van der Waals surface area (Å²) >= 11 is 0. The summed E-state index contributed by atoms with van der Waals surface area (Å²) in [6.07, 6.45) is 2.78. The molecule has 1 rings (SSSR count). The molecule has 0 aromatic rings. The summed E-state index contributed by atoms with van der Waals surface area (Å²) in [5, 5.41) is 3.53. The molecule has 0 aromatic heterocycles. The highest BCUT2D eigenvalue weighted by Gasteiger charge is 2.28. The van der Waals surface area contributed by atoms with Crippen molar-refractivity contribution >= 4 is 15.6 Å². The second kappa shape index (κ2) is 3.83. The summed E-state index contributed by atoms with van der Waals surface area (Å²) in [5.41, 5.74) is 0.135. The van der Waals surface area contributed by atoms with Crippen LogP contribution in [-0.2, 0) is 9.71 Å². The van der Waals surface area contributed by atoms with E-state index in [9.17, 15) is 4.21 Å². The first-order chi connectivity index (χ1) is 6.18. The van der Waals surface area contributed by atoms with Gasteiger partial charge in [0.05, 0.1) is 0 Å². The lowest BCUT2D eigenvalue weighted by Gasteiger charge is -2.26. The number of hydrogen-bond acceptors (Lipinski definition) is 2. The second-order valence-electron chi connectivity index (χ2n) is 5.23. The van der Waals surface area contributed by atoms with E-state index in [1.165, 1.54) is 0 Å². The van der Waals surface area contributed by atoms with Crippen LogP contribution in [0, 0.1) is 0 Å². The van der Waals surface area contributed by atoms with Gasteiger partial charge in [0.15, 0.2) is 0 Å². The summed E-state index contributed by atoms with van der Waals surface area (Å²) < 4.78 is 13.7. The molecule has 1 aliphatic heterocycles. The Labute approximate surface area is 88.0 Å². The maximum atomic E-state index is 11.7. The van der Waals surface area contributed by atoms with Crippen molar-refractivity contribution < 1.29 is 4.21 Å². The maximum Gasteiger partial charge on any atom is 0.0261 e. The third kappa shape index (κ3) is 3.59. The number of rotatable bonds is 2. The van der Waals surface area contributed by atoms with Crippen molar-refractivity contribution in [1.29, 1.82) is 0 Å². The topological polar surface area (TPSA) is 32.3 Å². The monoisotopic (exact) mass is 218 g/mol. The van der Waals surface area contributed by atoms with Crippen molar-refractivity contribution in [3.05, 3.63) is 0 Å². The Kier molecular flexibility index (Phi) is 3.29. The summed E-state index contributed by atoms with van der Waals surface area (Å²) in [5.74, 6) is 3.71. The molecule has 1 saturated heterocycles. The molecular formula is C10H22N2OS. The molecule has 1 heterocycles. The van der Waals surface area contributed by atoms with Crippen LogP contribution in [0.2, 0.25) is 0 Å². The Bertz CT molecular complexity index is 290. The van der Waals surface area contributed by atoms with E-state index in [1.807, 2.05) is 4.31 Å². The summed E-state index contributed by atoms with van der Waals surface area (Å²) in [7, 11) is -2.00. The van der Waals surface area contributed by atoms with Gasteiger partial charge < -0.3 is 5.32 Å². The zero-order valence-corrected chi connectivity index (χ0v) is 10.5. The fourth-order valence-electron chi connectivity index (χ4n) is 1.81. The largest absolute Gasteiger partial charge is 0.308 e. The van der Waals surface area contributed by atoms with E-state index in [0.717, 1.165) is 19.5 Å². The lowest BCUT2D eigenvalue weighted by Crippen LogP contribution is -2.45. The molecule has 14 heavy (non-hydrogen) atoms. The molecule has 1 N–H and O–H groups in total. The van der Waals surface area contributed by atoms with Crippen LogP contribution in [0.5, 0.6) is 0 Å². The highest BCUT2D eigenvalue weighted by atomic mass is 32.2. The van der Waals surface area contributed by atoms with Gasteiger partial charge in [0.2, 0.25) is 0 Å². The van der Waals surface area contributed by atoms with Gasteiger partial charge >= 0.3 is 0 Å².